The molecule has 0 atom stereocenters. The summed E-state index contributed by atoms with van der Waals surface area (Å²) in [6.45, 7) is 1.83. The highest BCUT2D eigenvalue weighted by atomic mass is 16.5. The molecule has 3 rings (SSSR count). The number of guanidine groups is 1. The molecule has 0 unspecified atom stereocenters. The first-order valence-corrected chi connectivity index (χ1v) is 9.79. The average Bonchev–Trinajstić information content (AvgIpc) is 3.56. The summed E-state index contributed by atoms with van der Waals surface area (Å²) in [5.74, 6) is 2.42. The minimum atomic E-state index is -0.500. The summed E-state index contributed by atoms with van der Waals surface area (Å²) in [6, 6.07) is 15.6. The summed E-state index contributed by atoms with van der Waals surface area (Å²) in [7, 11) is 1.73. The van der Waals surface area contributed by atoms with Crippen LogP contribution < -0.4 is 25.8 Å². The van der Waals surface area contributed by atoms with Crippen LogP contribution in [0.2, 0.25) is 0 Å². The highest BCUT2D eigenvalue weighted by Crippen LogP contribution is 2.30. The Balaban J connectivity index is 1.50. The van der Waals surface area contributed by atoms with Crippen LogP contribution in [0.3, 0.4) is 0 Å². The average molecular weight is 396 g/mol. The molecule has 0 radical (unpaired) electrons. The van der Waals surface area contributed by atoms with Crippen LogP contribution in [0.15, 0.2) is 53.5 Å². The number of nitrogens with two attached hydrogens (primary N) is 1. The first-order chi connectivity index (χ1) is 14.1. The Morgan fingerprint density at radius 2 is 1.90 bits per heavy atom. The molecular formula is C22H28N4O3. The number of aliphatic imine (C=N–C) groups is 1. The van der Waals surface area contributed by atoms with Gasteiger partial charge in [-0.15, -0.1) is 0 Å². The lowest BCUT2D eigenvalue weighted by Gasteiger charge is -2.15. The van der Waals surface area contributed by atoms with Crippen molar-refractivity contribution in [1.82, 2.24) is 10.6 Å². The van der Waals surface area contributed by atoms with Gasteiger partial charge in [-0.2, -0.15) is 0 Å². The van der Waals surface area contributed by atoms with Crippen molar-refractivity contribution in [3.63, 3.8) is 0 Å². The fraction of sp³-hybridized carbons (Fsp3) is 0.364. The molecule has 1 aliphatic rings. The maximum atomic E-state index is 10.9. The monoisotopic (exact) mass is 396 g/mol. The SMILES string of the molecule is CN=C(NCc1cccc(OCC(N)=O)c1)NCc1ccccc1OCC1CC1. The van der Waals surface area contributed by atoms with E-state index in [4.69, 9.17) is 15.2 Å². The maximum absolute atomic E-state index is 10.9. The number of nitrogens with one attached hydrogen (secondary N) is 2. The van der Waals surface area contributed by atoms with Crippen LogP contribution in [-0.2, 0) is 17.9 Å². The van der Waals surface area contributed by atoms with Crippen molar-refractivity contribution in [3.8, 4) is 11.5 Å². The number of primary amides is 1. The molecule has 154 valence electrons. The van der Waals surface area contributed by atoms with Crippen molar-refractivity contribution in [2.45, 2.75) is 25.9 Å². The lowest BCUT2D eigenvalue weighted by molar-refractivity contribution is -0.119. The van der Waals surface area contributed by atoms with Crippen molar-refractivity contribution in [2.75, 3.05) is 20.3 Å². The Bertz CT molecular complexity index is 849. The molecule has 2 aromatic rings. The van der Waals surface area contributed by atoms with E-state index < -0.39 is 5.91 Å². The van der Waals surface area contributed by atoms with E-state index in [2.05, 4.69) is 21.7 Å². The second-order valence-electron chi connectivity index (χ2n) is 7.04. The number of hydrogen-bond acceptors (Lipinski definition) is 4. The molecule has 2 aromatic carbocycles. The Kier molecular flexibility index (Phi) is 7.33. The summed E-state index contributed by atoms with van der Waals surface area (Å²) in [4.78, 5) is 15.1. The Morgan fingerprint density at radius 1 is 1.10 bits per heavy atom. The van der Waals surface area contributed by atoms with Gasteiger partial charge in [0.25, 0.3) is 5.91 Å². The third-order valence-electron chi connectivity index (χ3n) is 4.55. The predicted octanol–water partition coefficient (Wildman–Crippen LogP) is 2.20. The second kappa shape index (κ2) is 10.4. The number of benzene rings is 2. The molecule has 0 spiro atoms. The van der Waals surface area contributed by atoms with Gasteiger partial charge in [0.2, 0.25) is 0 Å². The van der Waals surface area contributed by atoms with Crippen LogP contribution in [0.25, 0.3) is 0 Å². The molecule has 29 heavy (non-hydrogen) atoms. The van der Waals surface area contributed by atoms with Crippen LogP contribution >= 0.6 is 0 Å². The van der Waals surface area contributed by atoms with Crippen LogP contribution in [0.4, 0.5) is 0 Å². The number of rotatable bonds is 10. The van der Waals surface area contributed by atoms with Gasteiger partial charge in [0.05, 0.1) is 6.61 Å². The zero-order valence-electron chi connectivity index (χ0n) is 16.7. The molecule has 1 aliphatic carbocycles. The van der Waals surface area contributed by atoms with E-state index in [1.165, 1.54) is 12.8 Å². The zero-order chi connectivity index (χ0) is 20.5. The van der Waals surface area contributed by atoms with Gasteiger partial charge in [-0.1, -0.05) is 30.3 Å². The van der Waals surface area contributed by atoms with Crippen LogP contribution in [0.5, 0.6) is 11.5 Å². The molecule has 1 amide bonds. The molecule has 7 heteroatoms. The standard InChI is InChI=1S/C22H28N4O3/c1-24-22(25-12-17-5-4-7-19(11-17)28-15-21(23)27)26-13-18-6-2-3-8-20(18)29-14-16-9-10-16/h2-8,11,16H,9-10,12-15H2,1H3,(H2,23,27)(H2,24,25,26). The van der Waals surface area contributed by atoms with Crippen LogP contribution in [0, 0.1) is 5.92 Å². The normalized spacial score (nSPS) is 13.6. The molecule has 1 saturated carbocycles. The van der Waals surface area contributed by atoms with Gasteiger partial charge in [-0.05, 0) is 42.5 Å². The van der Waals surface area contributed by atoms with Crippen molar-refractivity contribution < 1.29 is 14.3 Å². The third kappa shape index (κ3) is 7.03. The molecule has 4 N–H and O–H groups in total. The van der Waals surface area contributed by atoms with E-state index in [9.17, 15) is 4.79 Å². The largest absolute Gasteiger partial charge is 0.493 e. The van der Waals surface area contributed by atoms with Gasteiger partial charge in [-0.25, -0.2) is 0 Å². The van der Waals surface area contributed by atoms with E-state index in [-0.39, 0.29) is 6.61 Å². The number of nitrogens with zero attached hydrogens (tertiary/aromatic N) is 1. The first kappa shape index (κ1) is 20.5. The Labute approximate surface area is 171 Å². The van der Waals surface area contributed by atoms with E-state index in [0.29, 0.717) is 30.7 Å². The molecule has 0 aliphatic heterocycles. The van der Waals surface area contributed by atoms with Gasteiger partial charge in [0.15, 0.2) is 12.6 Å². The van der Waals surface area contributed by atoms with Gasteiger partial charge in [0, 0.05) is 25.7 Å². The number of amides is 1. The third-order valence-corrected chi connectivity index (χ3v) is 4.55. The van der Waals surface area contributed by atoms with Crippen molar-refractivity contribution >= 4 is 11.9 Å². The Morgan fingerprint density at radius 3 is 2.66 bits per heavy atom. The highest BCUT2D eigenvalue weighted by Gasteiger charge is 2.22. The summed E-state index contributed by atoms with van der Waals surface area (Å²) >= 11 is 0. The van der Waals surface area contributed by atoms with Crippen molar-refractivity contribution in [1.29, 1.82) is 0 Å². The quantitative estimate of drug-likeness (QED) is 0.422. The molecule has 0 bridgehead atoms. The van der Waals surface area contributed by atoms with Crippen LogP contribution in [0.1, 0.15) is 24.0 Å². The molecule has 0 heterocycles. The van der Waals surface area contributed by atoms with E-state index in [0.717, 1.165) is 23.5 Å². The molecule has 7 nitrogen and oxygen atoms in total. The lowest BCUT2D eigenvalue weighted by Crippen LogP contribution is -2.36. The zero-order valence-corrected chi connectivity index (χ0v) is 16.7. The number of ether oxygens (including phenoxy) is 2. The van der Waals surface area contributed by atoms with E-state index in [1.807, 2.05) is 36.4 Å². The first-order valence-electron chi connectivity index (χ1n) is 9.79. The smallest absolute Gasteiger partial charge is 0.255 e. The minimum Gasteiger partial charge on any atom is -0.493 e. The molecular weight excluding hydrogens is 368 g/mol. The summed E-state index contributed by atoms with van der Waals surface area (Å²) in [5.41, 5.74) is 7.21. The van der Waals surface area contributed by atoms with Crippen molar-refractivity contribution in [2.24, 2.45) is 16.6 Å². The fourth-order valence-corrected chi connectivity index (χ4v) is 2.77. The maximum Gasteiger partial charge on any atom is 0.255 e. The van der Waals surface area contributed by atoms with Crippen LogP contribution in [-0.4, -0.2) is 32.1 Å². The number of carbonyl (C=O) groups excluding carboxylic acids is 1. The van der Waals surface area contributed by atoms with Gasteiger partial charge >= 0.3 is 0 Å². The summed E-state index contributed by atoms with van der Waals surface area (Å²) in [6.07, 6.45) is 2.54. The van der Waals surface area contributed by atoms with Gasteiger partial charge in [0.1, 0.15) is 11.5 Å². The molecule has 0 saturated heterocycles. The van der Waals surface area contributed by atoms with E-state index in [1.54, 1.807) is 13.1 Å². The summed E-state index contributed by atoms with van der Waals surface area (Å²) < 4.78 is 11.3. The number of para-hydroxylation sites is 1. The topological polar surface area (TPSA) is 98.0 Å². The lowest BCUT2D eigenvalue weighted by atomic mass is 10.2. The number of hydrogen-bond donors (Lipinski definition) is 3. The van der Waals surface area contributed by atoms with Gasteiger partial charge in [-0.3, -0.25) is 9.79 Å². The van der Waals surface area contributed by atoms with E-state index >= 15 is 0 Å². The molecule has 0 aromatic heterocycles. The second-order valence-corrected chi connectivity index (χ2v) is 7.04. The highest BCUT2D eigenvalue weighted by molar-refractivity contribution is 5.79. The summed E-state index contributed by atoms with van der Waals surface area (Å²) in [5, 5.41) is 6.60. The van der Waals surface area contributed by atoms with Gasteiger partial charge < -0.3 is 25.8 Å². The molecule has 1 fully saturated rings. The van der Waals surface area contributed by atoms with Crippen molar-refractivity contribution in [3.05, 3.63) is 59.7 Å². The fourth-order valence-electron chi connectivity index (χ4n) is 2.77. The minimum absolute atomic E-state index is 0.137. The Hall–Kier alpha value is -3.22. The number of carbonyl (C=O) groups is 1. The predicted molar refractivity (Wildman–Crippen MR) is 113 cm³/mol.